The van der Waals surface area contributed by atoms with E-state index in [4.69, 9.17) is 9.84 Å². The number of aryl methyl sites for hydroxylation is 1. The van der Waals surface area contributed by atoms with Gasteiger partial charge in [0.05, 0.1) is 20.3 Å². The number of ether oxygens (including phenoxy) is 1. The molecule has 0 aromatic carbocycles. The van der Waals surface area contributed by atoms with Crippen molar-refractivity contribution in [3.63, 3.8) is 0 Å². The lowest BCUT2D eigenvalue weighted by Gasteiger charge is -2.08. The molecule has 0 amide bonds. The summed E-state index contributed by atoms with van der Waals surface area (Å²) < 4.78 is 6.18. The monoisotopic (exact) mass is 184 g/mol. The van der Waals surface area contributed by atoms with Gasteiger partial charge in [0.25, 0.3) is 11.6 Å². The largest absolute Gasteiger partial charge is 0.468 e. The molecule has 5 heteroatoms. The average molecular weight is 184 g/mol. The Kier molecular flexibility index (Phi) is 3.02. The van der Waals surface area contributed by atoms with Crippen LogP contribution in [0.15, 0.2) is 10.9 Å². The van der Waals surface area contributed by atoms with Gasteiger partial charge in [0.2, 0.25) is 0 Å². The SMILES string of the molecule is COc1nc(C)cc(=O)n1CCO. The van der Waals surface area contributed by atoms with Crippen molar-refractivity contribution in [1.82, 2.24) is 9.55 Å². The third-order valence-electron chi connectivity index (χ3n) is 1.61. The molecule has 0 spiro atoms. The summed E-state index contributed by atoms with van der Waals surface area (Å²) in [5, 5.41) is 8.69. The molecule has 0 unspecified atom stereocenters. The van der Waals surface area contributed by atoms with Crippen molar-refractivity contribution in [2.75, 3.05) is 13.7 Å². The van der Waals surface area contributed by atoms with Crippen LogP contribution in [0.4, 0.5) is 0 Å². The van der Waals surface area contributed by atoms with Crippen molar-refractivity contribution in [1.29, 1.82) is 0 Å². The quantitative estimate of drug-likeness (QED) is 0.691. The molecular formula is C8H12N2O3. The van der Waals surface area contributed by atoms with E-state index in [-0.39, 0.29) is 24.7 Å². The van der Waals surface area contributed by atoms with Gasteiger partial charge in [-0.1, -0.05) is 0 Å². The van der Waals surface area contributed by atoms with E-state index in [1.165, 1.54) is 17.7 Å². The third kappa shape index (κ3) is 2.06. The van der Waals surface area contributed by atoms with Crippen LogP contribution in [-0.2, 0) is 6.54 Å². The van der Waals surface area contributed by atoms with Gasteiger partial charge in [0.15, 0.2) is 0 Å². The fourth-order valence-corrected chi connectivity index (χ4v) is 1.06. The number of methoxy groups -OCH3 is 1. The predicted molar refractivity (Wildman–Crippen MR) is 46.9 cm³/mol. The molecule has 0 saturated heterocycles. The second kappa shape index (κ2) is 4.04. The van der Waals surface area contributed by atoms with E-state index in [1.807, 2.05) is 0 Å². The molecule has 0 aliphatic heterocycles. The number of hydrogen-bond donors (Lipinski definition) is 1. The topological polar surface area (TPSA) is 64.3 Å². The molecule has 0 radical (unpaired) electrons. The summed E-state index contributed by atoms with van der Waals surface area (Å²) in [7, 11) is 1.44. The van der Waals surface area contributed by atoms with Crippen LogP contribution >= 0.6 is 0 Å². The van der Waals surface area contributed by atoms with Gasteiger partial charge in [-0.05, 0) is 6.92 Å². The van der Waals surface area contributed by atoms with E-state index in [1.54, 1.807) is 6.92 Å². The first kappa shape index (κ1) is 9.73. The van der Waals surface area contributed by atoms with Gasteiger partial charge in [-0.2, -0.15) is 0 Å². The minimum atomic E-state index is -0.210. The van der Waals surface area contributed by atoms with E-state index < -0.39 is 0 Å². The van der Waals surface area contributed by atoms with Crippen LogP contribution in [0.3, 0.4) is 0 Å². The van der Waals surface area contributed by atoms with E-state index in [9.17, 15) is 4.79 Å². The van der Waals surface area contributed by atoms with Crippen molar-refractivity contribution in [2.24, 2.45) is 0 Å². The second-order valence-corrected chi connectivity index (χ2v) is 2.60. The summed E-state index contributed by atoms with van der Waals surface area (Å²) in [6.07, 6.45) is 0. The maximum absolute atomic E-state index is 11.3. The summed E-state index contributed by atoms with van der Waals surface area (Å²) >= 11 is 0. The van der Waals surface area contributed by atoms with Crippen molar-refractivity contribution in [2.45, 2.75) is 13.5 Å². The Morgan fingerprint density at radius 3 is 2.92 bits per heavy atom. The third-order valence-corrected chi connectivity index (χ3v) is 1.61. The van der Waals surface area contributed by atoms with E-state index >= 15 is 0 Å². The van der Waals surface area contributed by atoms with Crippen molar-refractivity contribution in [3.05, 3.63) is 22.1 Å². The standard InChI is InChI=1S/C8H12N2O3/c1-6-5-7(12)10(3-4-11)8(9-6)13-2/h5,11H,3-4H2,1-2H3. The Morgan fingerprint density at radius 1 is 1.69 bits per heavy atom. The molecule has 13 heavy (non-hydrogen) atoms. The van der Waals surface area contributed by atoms with Crippen LogP contribution < -0.4 is 10.3 Å². The van der Waals surface area contributed by atoms with Crippen molar-refractivity contribution >= 4 is 0 Å². The minimum Gasteiger partial charge on any atom is -0.468 e. The highest BCUT2D eigenvalue weighted by Gasteiger charge is 2.05. The molecule has 5 nitrogen and oxygen atoms in total. The smallest absolute Gasteiger partial charge is 0.299 e. The predicted octanol–water partition coefficient (Wildman–Crippen LogP) is -0.447. The Hall–Kier alpha value is -1.36. The molecule has 0 saturated carbocycles. The first-order valence-corrected chi connectivity index (χ1v) is 3.92. The van der Waals surface area contributed by atoms with Gasteiger partial charge >= 0.3 is 0 Å². The van der Waals surface area contributed by atoms with Gasteiger partial charge in [0, 0.05) is 11.8 Å². The number of hydrogen-bond acceptors (Lipinski definition) is 4. The molecular weight excluding hydrogens is 172 g/mol. The van der Waals surface area contributed by atoms with Gasteiger partial charge in [-0.25, -0.2) is 4.98 Å². The molecule has 1 rings (SSSR count). The fourth-order valence-electron chi connectivity index (χ4n) is 1.06. The molecule has 0 bridgehead atoms. The van der Waals surface area contributed by atoms with E-state index in [0.717, 1.165) is 0 Å². The first-order valence-electron chi connectivity index (χ1n) is 3.92. The Morgan fingerprint density at radius 2 is 2.38 bits per heavy atom. The van der Waals surface area contributed by atoms with Gasteiger partial charge < -0.3 is 9.84 Å². The maximum atomic E-state index is 11.3. The van der Waals surface area contributed by atoms with Gasteiger partial charge in [-0.3, -0.25) is 9.36 Å². The molecule has 1 aromatic rings. The highest BCUT2D eigenvalue weighted by atomic mass is 16.5. The second-order valence-electron chi connectivity index (χ2n) is 2.60. The lowest BCUT2D eigenvalue weighted by Crippen LogP contribution is -2.24. The lowest BCUT2D eigenvalue weighted by atomic mass is 10.4. The molecule has 0 atom stereocenters. The molecule has 0 aliphatic rings. The van der Waals surface area contributed by atoms with Crippen LogP contribution in [0.2, 0.25) is 0 Å². The van der Waals surface area contributed by atoms with Crippen LogP contribution in [0, 0.1) is 6.92 Å². The number of aromatic nitrogens is 2. The summed E-state index contributed by atoms with van der Waals surface area (Å²) in [6.45, 7) is 1.81. The Balaban J connectivity index is 3.22. The fraction of sp³-hybridized carbons (Fsp3) is 0.500. The number of aliphatic hydroxyl groups is 1. The summed E-state index contributed by atoms with van der Waals surface area (Å²) in [6, 6.07) is 1.64. The summed E-state index contributed by atoms with van der Waals surface area (Å²) in [4.78, 5) is 15.3. The molecule has 72 valence electrons. The first-order chi connectivity index (χ1) is 6.19. The summed E-state index contributed by atoms with van der Waals surface area (Å²) in [5.74, 6) is 0. The van der Waals surface area contributed by atoms with Crippen LogP contribution in [0.25, 0.3) is 0 Å². The van der Waals surface area contributed by atoms with Crippen LogP contribution in [-0.4, -0.2) is 28.4 Å². The molecule has 0 aliphatic carbocycles. The summed E-state index contributed by atoms with van der Waals surface area (Å²) in [5.41, 5.74) is 0.398. The van der Waals surface area contributed by atoms with Gasteiger partial charge in [0.1, 0.15) is 0 Å². The van der Waals surface area contributed by atoms with Crippen molar-refractivity contribution < 1.29 is 9.84 Å². The number of aliphatic hydroxyl groups excluding tert-OH is 1. The zero-order valence-electron chi connectivity index (χ0n) is 7.65. The molecule has 0 fully saturated rings. The number of rotatable bonds is 3. The van der Waals surface area contributed by atoms with Crippen molar-refractivity contribution in [3.8, 4) is 6.01 Å². The zero-order chi connectivity index (χ0) is 9.84. The van der Waals surface area contributed by atoms with E-state index in [2.05, 4.69) is 4.98 Å². The van der Waals surface area contributed by atoms with Crippen LogP contribution in [0.5, 0.6) is 6.01 Å². The minimum absolute atomic E-state index is 0.110. The lowest BCUT2D eigenvalue weighted by molar-refractivity contribution is 0.257. The highest BCUT2D eigenvalue weighted by Crippen LogP contribution is 2.02. The Bertz CT molecular complexity index is 346. The zero-order valence-corrected chi connectivity index (χ0v) is 7.65. The highest BCUT2D eigenvalue weighted by molar-refractivity contribution is 5.06. The number of nitrogens with zero attached hydrogens (tertiary/aromatic N) is 2. The molecule has 1 aromatic heterocycles. The average Bonchev–Trinajstić information content (AvgIpc) is 2.09. The normalized spacial score (nSPS) is 10.1. The molecule has 1 heterocycles. The maximum Gasteiger partial charge on any atom is 0.299 e. The molecule has 1 N–H and O–H groups in total. The van der Waals surface area contributed by atoms with Gasteiger partial charge in [-0.15, -0.1) is 0 Å². The van der Waals surface area contributed by atoms with Crippen LogP contribution in [0.1, 0.15) is 5.69 Å². The van der Waals surface area contributed by atoms with E-state index in [0.29, 0.717) is 5.69 Å². The Labute approximate surface area is 75.6 Å².